The number of rotatable bonds is 4. The summed E-state index contributed by atoms with van der Waals surface area (Å²) in [6.45, 7) is 3.92. The molecule has 0 bridgehead atoms. The molecule has 5 nitrogen and oxygen atoms in total. The standard InChI is InChI=1S/C20H19Cl2N3O2S2/c1-14-2-4-15(5-3-14)18-13-28-20(23-18)24-8-10-25(11-9-24)29(26,27)19-12-16(21)6-7-17(19)22/h2-7,12-13H,8-11H2,1H3. The Bertz CT molecular complexity index is 1120. The van der Waals surface area contributed by atoms with Crippen LogP contribution < -0.4 is 4.90 Å². The van der Waals surface area contributed by atoms with Gasteiger partial charge in [0.05, 0.1) is 10.7 Å². The number of piperazine rings is 1. The summed E-state index contributed by atoms with van der Waals surface area (Å²) in [6, 6.07) is 12.8. The molecule has 0 amide bonds. The molecule has 1 aliphatic heterocycles. The Morgan fingerprint density at radius 3 is 2.38 bits per heavy atom. The van der Waals surface area contributed by atoms with Gasteiger partial charge >= 0.3 is 0 Å². The maximum atomic E-state index is 13.0. The summed E-state index contributed by atoms with van der Waals surface area (Å²) in [5, 5.41) is 3.46. The number of thiazole rings is 1. The fourth-order valence-corrected chi connectivity index (χ4v) is 6.25. The van der Waals surface area contributed by atoms with Gasteiger partial charge in [0.1, 0.15) is 4.90 Å². The van der Waals surface area contributed by atoms with Crippen molar-refractivity contribution in [2.45, 2.75) is 11.8 Å². The first kappa shape index (κ1) is 20.6. The summed E-state index contributed by atoms with van der Waals surface area (Å²) in [5.41, 5.74) is 3.22. The van der Waals surface area contributed by atoms with Crippen molar-refractivity contribution in [3.05, 3.63) is 63.5 Å². The minimum Gasteiger partial charge on any atom is -0.345 e. The van der Waals surface area contributed by atoms with Crippen LogP contribution in [0.1, 0.15) is 5.56 Å². The molecule has 2 aromatic carbocycles. The summed E-state index contributed by atoms with van der Waals surface area (Å²) < 4.78 is 27.4. The summed E-state index contributed by atoms with van der Waals surface area (Å²) >= 11 is 13.7. The maximum Gasteiger partial charge on any atom is 0.244 e. The number of hydrogen-bond acceptors (Lipinski definition) is 5. The summed E-state index contributed by atoms with van der Waals surface area (Å²) in [6.07, 6.45) is 0. The molecule has 152 valence electrons. The lowest BCUT2D eigenvalue weighted by atomic mass is 10.1. The number of halogens is 2. The molecule has 1 saturated heterocycles. The largest absolute Gasteiger partial charge is 0.345 e. The van der Waals surface area contributed by atoms with Crippen molar-refractivity contribution >= 4 is 49.7 Å². The number of nitrogens with zero attached hydrogens (tertiary/aromatic N) is 3. The second kappa shape index (κ2) is 8.24. The van der Waals surface area contributed by atoms with Crippen molar-refractivity contribution in [3.63, 3.8) is 0 Å². The SMILES string of the molecule is Cc1ccc(-c2csc(N3CCN(S(=O)(=O)c4cc(Cl)ccc4Cl)CC3)n2)cc1. The van der Waals surface area contributed by atoms with Crippen LogP contribution in [0.5, 0.6) is 0 Å². The lowest BCUT2D eigenvalue weighted by Gasteiger charge is -2.34. The molecule has 0 unspecified atom stereocenters. The Kier molecular flexibility index (Phi) is 5.86. The van der Waals surface area contributed by atoms with Crippen molar-refractivity contribution < 1.29 is 8.42 Å². The second-order valence-corrected chi connectivity index (χ2v) is 10.4. The maximum absolute atomic E-state index is 13.0. The summed E-state index contributed by atoms with van der Waals surface area (Å²) in [5.74, 6) is 0. The van der Waals surface area contributed by atoms with E-state index in [-0.39, 0.29) is 9.92 Å². The molecule has 0 saturated carbocycles. The normalized spacial score (nSPS) is 15.6. The van der Waals surface area contributed by atoms with Crippen molar-refractivity contribution in [1.29, 1.82) is 0 Å². The highest BCUT2D eigenvalue weighted by molar-refractivity contribution is 7.89. The lowest BCUT2D eigenvalue weighted by molar-refractivity contribution is 0.385. The molecule has 1 fully saturated rings. The van der Waals surface area contributed by atoms with E-state index in [1.165, 1.54) is 22.0 Å². The summed E-state index contributed by atoms with van der Waals surface area (Å²) in [7, 11) is -3.69. The van der Waals surface area contributed by atoms with Crippen molar-refractivity contribution in [3.8, 4) is 11.3 Å². The Hall–Kier alpha value is -1.64. The molecular formula is C20H19Cl2N3O2S2. The van der Waals surface area contributed by atoms with E-state index < -0.39 is 10.0 Å². The number of aryl methyl sites for hydroxylation is 1. The zero-order valence-corrected chi connectivity index (χ0v) is 18.8. The van der Waals surface area contributed by atoms with Gasteiger partial charge in [0.25, 0.3) is 0 Å². The molecule has 3 aromatic rings. The first-order valence-electron chi connectivity index (χ1n) is 9.07. The molecule has 29 heavy (non-hydrogen) atoms. The van der Waals surface area contributed by atoms with Gasteiger partial charge in [-0.25, -0.2) is 13.4 Å². The first-order chi connectivity index (χ1) is 13.8. The van der Waals surface area contributed by atoms with E-state index in [2.05, 4.69) is 36.1 Å². The van der Waals surface area contributed by atoms with E-state index >= 15 is 0 Å². The molecule has 0 aliphatic carbocycles. The lowest BCUT2D eigenvalue weighted by Crippen LogP contribution is -2.48. The van der Waals surface area contributed by atoms with Crippen molar-refractivity contribution in [2.75, 3.05) is 31.1 Å². The number of hydrogen-bond donors (Lipinski definition) is 0. The average molecular weight is 468 g/mol. The molecular weight excluding hydrogens is 449 g/mol. The zero-order chi connectivity index (χ0) is 20.6. The Balaban J connectivity index is 1.47. The van der Waals surface area contributed by atoms with Crippen LogP contribution in [0, 0.1) is 6.92 Å². The molecule has 4 rings (SSSR count). The van der Waals surface area contributed by atoms with E-state index in [1.54, 1.807) is 17.4 Å². The fourth-order valence-electron chi connectivity index (χ4n) is 3.20. The van der Waals surface area contributed by atoms with Gasteiger partial charge in [0.2, 0.25) is 10.0 Å². The predicted octanol–water partition coefficient (Wildman–Crippen LogP) is 4.94. The van der Waals surface area contributed by atoms with Gasteiger partial charge in [-0.1, -0.05) is 53.0 Å². The van der Waals surface area contributed by atoms with Crippen molar-refractivity contribution in [1.82, 2.24) is 9.29 Å². The minimum atomic E-state index is -3.69. The highest BCUT2D eigenvalue weighted by Gasteiger charge is 2.31. The number of sulfonamides is 1. The number of aromatic nitrogens is 1. The topological polar surface area (TPSA) is 53.5 Å². The van der Waals surface area contributed by atoms with Gasteiger partial charge in [0, 0.05) is 42.1 Å². The van der Waals surface area contributed by atoms with Crippen molar-refractivity contribution in [2.24, 2.45) is 0 Å². The highest BCUT2D eigenvalue weighted by atomic mass is 35.5. The second-order valence-electron chi connectivity index (χ2n) is 6.85. The summed E-state index contributed by atoms with van der Waals surface area (Å²) in [4.78, 5) is 6.91. The van der Waals surface area contributed by atoms with E-state index in [1.807, 2.05) is 5.38 Å². The van der Waals surface area contributed by atoms with Crippen LogP contribution in [-0.2, 0) is 10.0 Å². The van der Waals surface area contributed by atoms with Gasteiger partial charge in [-0.05, 0) is 25.1 Å². The molecule has 1 aromatic heterocycles. The zero-order valence-electron chi connectivity index (χ0n) is 15.7. The fraction of sp³-hybridized carbons (Fsp3) is 0.250. The first-order valence-corrected chi connectivity index (χ1v) is 12.1. The highest BCUT2D eigenvalue weighted by Crippen LogP contribution is 2.31. The third-order valence-electron chi connectivity index (χ3n) is 4.86. The van der Waals surface area contributed by atoms with Crippen LogP contribution in [0.4, 0.5) is 5.13 Å². The molecule has 9 heteroatoms. The number of benzene rings is 2. The van der Waals surface area contributed by atoms with Gasteiger partial charge in [0.15, 0.2) is 5.13 Å². The van der Waals surface area contributed by atoms with Crippen LogP contribution >= 0.6 is 34.5 Å². The van der Waals surface area contributed by atoms with Gasteiger partial charge in [-0.15, -0.1) is 11.3 Å². The predicted molar refractivity (Wildman–Crippen MR) is 120 cm³/mol. The van der Waals surface area contributed by atoms with Crippen LogP contribution in [0.2, 0.25) is 10.0 Å². The Morgan fingerprint density at radius 2 is 1.69 bits per heavy atom. The van der Waals surface area contributed by atoms with Crippen LogP contribution in [0.3, 0.4) is 0 Å². The van der Waals surface area contributed by atoms with E-state index in [4.69, 9.17) is 28.2 Å². The van der Waals surface area contributed by atoms with Crippen LogP contribution in [-0.4, -0.2) is 43.9 Å². The van der Waals surface area contributed by atoms with E-state index in [0.29, 0.717) is 31.2 Å². The minimum absolute atomic E-state index is 0.0519. The average Bonchev–Trinajstić information content (AvgIpc) is 3.20. The third kappa shape index (κ3) is 4.29. The molecule has 0 spiro atoms. The van der Waals surface area contributed by atoms with E-state index in [9.17, 15) is 8.42 Å². The smallest absolute Gasteiger partial charge is 0.244 e. The van der Waals surface area contributed by atoms with Gasteiger partial charge in [-0.3, -0.25) is 0 Å². The third-order valence-corrected chi connectivity index (χ3v) is 8.38. The van der Waals surface area contributed by atoms with E-state index in [0.717, 1.165) is 16.4 Å². The molecule has 0 radical (unpaired) electrons. The molecule has 0 atom stereocenters. The Morgan fingerprint density at radius 1 is 1.00 bits per heavy atom. The quantitative estimate of drug-likeness (QED) is 0.545. The molecule has 0 N–H and O–H groups in total. The van der Waals surface area contributed by atoms with Crippen LogP contribution in [0.25, 0.3) is 11.3 Å². The molecule has 2 heterocycles. The molecule has 1 aliphatic rings. The Labute approximate surface area is 184 Å². The van der Waals surface area contributed by atoms with Gasteiger partial charge in [-0.2, -0.15) is 4.31 Å². The van der Waals surface area contributed by atoms with Crippen LogP contribution in [0.15, 0.2) is 52.7 Å². The monoisotopic (exact) mass is 467 g/mol. The van der Waals surface area contributed by atoms with Gasteiger partial charge < -0.3 is 4.90 Å². The number of anilines is 1.